The molecule has 0 saturated carbocycles. The van der Waals surface area contributed by atoms with Crippen LogP contribution in [0, 0.1) is 0 Å². The summed E-state index contributed by atoms with van der Waals surface area (Å²) in [7, 11) is 1.86. The molecule has 0 spiro atoms. The highest BCUT2D eigenvalue weighted by Gasteiger charge is 2.18. The van der Waals surface area contributed by atoms with E-state index >= 15 is 0 Å². The Morgan fingerprint density at radius 2 is 1.62 bits per heavy atom. The van der Waals surface area contributed by atoms with Crippen LogP contribution in [0.4, 0.5) is 0 Å². The maximum atomic E-state index is 12.2. The molecule has 0 aliphatic rings. The average Bonchev–Trinajstić information content (AvgIpc) is 2.43. The Balaban J connectivity index is 3.02. The molecular formula is C12H19B3O5S. The largest absolute Gasteiger partial charge is 0.461 e. The normalized spacial score (nSPS) is 11.3. The molecule has 1 N–H and O–H groups in total. The van der Waals surface area contributed by atoms with E-state index in [1.165, 1.54) is 0 Å². The van der Waals surface area contributed by atoms with E-state index in [9.17, 15) is 13.2 Å². The third kappa shape index (κ3) is 5.24. The zero-order chi connectivity index (χ0) is 16.0. The van der Waals surface area contributed by atoms with Gasteiger partial charge in [-0.05, 0) is 11.1 Å². The highest BCUT2D eigenvalue weighted by Crippen LogP contribution is 2.20. The van der Waals surface area contributed by atoms with Crippen molar-refractivity contribution in [2.45, 2.75) is 19.0 Å². The van der Waals surface area contributed by atoms with Gasteiger partial charge in [0.15, 0.2) is 0 Å². The number of hydrogen-bond acceptors (Lipinski definition) is 4. The summed E-state index contributed by atoms with van der Waals surface area (Å²) in [6.07, 6.45) is 2.28. The van der Waals surface area contributed by atoms with E-state index in [0.717, 1.165) is 23.0 Å². The molecule has 0 fully saturated rings. The number of hydrogen-bond donors (Lipinski definition) is 1. The fourth-order valence-corrected chi connectivity index (χ4v) is 2.47. The first kappa shape index (κ1) is 17.8. The molecule has 21 heavy (non-hydrogen) atoms. The minimum atomic E-state index is -4.12. The third-order valence-corrected chi connectivity index (χ3v) is 3.99. The second-order valence-corrected chi connectivity index (χ2v) is 6.34. The SMILES string of the molecule is BCc1cc(CB)c(C(=O)OCCS(=O)(=O)O)c(CB)c1. The van der Waals surface area contributed by atoms with Gasteiger partial charge in [0, 0.05) is 0 Å². The lowest BCUT2D eigenvalue weighted by molar-refractivity contribution is 0.0526. The molecule has 0 saturated heterocycles. The fraction of sp³-hybridized carbons (Fsp3) is 0.417. The minimum absolute atomic E-state index is 0.348. The Bertz CT molecular complexity index is 590. The van der Waals surface area contributed by atoms with Crippen LogP contribution in [0.2, 0.25) is 0 Å². The van der Waals surface area contributed by atoms with Gasteiger partial charge >= 0.3 is 5.97 Å². The van der Waals surface area contributed by atoms with Crippen LogP contribution in [0.1, 0.15) is 27.0 Å². The van der Waals surface area contributed by atoms with Crippen molar-refractivity contribution in [2.75, 3.05) is 12.4 Å². The first-order valence-electron chi connectivity index (χ1n) is 7.09. The van der Waals surface area contributed by atoms with E-state index in [1.54, 1.807) is 0 Å². The van der Waals surface area contributed by atoms with Gasteiger partial charge in [-0.2, -0.15) is 8.42 Å². The summed E-state index contributed by atoms with van der Waals surface area (Å²) in [5, 5.41) is 0. The van der Waals surface area contributed by atoms with Crippen LogP contribution in [0.15, 0.2) is 12.1 Å². The zero-order valence-corrected chi connectivity index (χ0v) is 13.5. The zero-order valence-electron chi connectivity index (χ0n) is 12.7. The first-order chi connectivity index (χ1) is 9.82. The van der Waals surface area contributed by atoms with Gasteiger partial charge in [0.25, 0.3) is 10.1 Å². The number of ether oxygens (including phenoxy) is 1. The molecule has 1 aromatic rings. The van der Waals surface area contributed by atoms with E-state index in [4.69, 9.17) is 9.29 Å². The van der Waals surface area contributed by atoms with E-state index in [2.05, 4.69) is 7.85 Å². The molecular weight excluding hydrogens is 289 g/mol. The summed E-state index contributed by atoms with van der Waals surface area (Å²) >= 11 is 0. The van der Waals surface area contributed by atoms with Gasteiger partial charge in [0.1, 0.15) is 35.9 Å². The molecule has 0 aliphatic carbocycles. The van der Waals surface area contributed by atoms with Crippen LogP contribution in [-0.2, 0) is 33.8 Å². The van der Waals surface area contributed by atoms with Crippen molar-refractivity contribution >= 4 is 39.6 Å². The molecule has 112 valence electrons. The third-order valence-electron chi connectivity index (χ3n) is 3.31. The molecule has 0 aliphatic heterocycles. The lowest BCUT2D eigenvalue weighted by Gasteiger charge is -2.14. The summed E-state index contributed by atoms with van der Waals surface area (Å²) in [5.41, 5.74) is 3.50. The van der Waals surface area contributed by atoms with E-state index in [-0.39, 0.29) is 6.61 Å². The number of rotatable bonds is 7. The van der Waals surface area contributed by atoms with Crippen LogP contribution >= 0.6 is 0 Å². The average molecular weight is 308 g/mol. The second kappa shape index (κ2) is 7.70. The minimum Gasteiger partial charge on any atom is -0.461 e. The van der Waals surface area contributed by atoms with Crippen molar-refractivity contribution in [1.29, 1.82) is 0 Å². The van der Waals surface area contributed by atoms with Crippen molar-refractivity contribution in [3.63, 3.8) is 0 Å². The molecule has 9 heteroatoms. The summed E-state index contributed by atoms with van der Waals surface area (Å²) in [6.45, 7) is -0.348. The van der Waals surface area contributed by atoms with E-state index < -0.39 is 21.8 Å². The first-order valence-corrected chi connectivity index (χ1v) is 8.70. The highest BCUT2D eigenvalue weighted by atomic mass is 32.2. The van der Waals surface area contributed by atoms with Crippen molar-refractivity contribution in [3.8, 4) is 0 Å². The van der Waals surface area contributed by atoms with Crippen LogP contribution < -0.4 is 0 Å². The molecule has 0 bridgehead atoms. The molecule has 0 unspecified atom stereocenters. The summed E-state index contributed by atoms with van der Waals surface area (Å²) in [5.74, 6) is -1.12. The van der Waals surface area contributed by atoms with Crippen molar-refractivity contribution in [2.24, 2.45) is 0 Å². The van der Waals surface area contributed by atoms with Crippen molar-refractivity contribution in [3.05, 3.63) is 34.4 Å². The number of carbonyl (C=O) groups excluding carboxylic acids is 1. The molecule has 0 heterocycles. The molecule has 0 atom stereocenters. The summed E-state index contributed by atoms with van der Waals surface area (Å²) in [6, 6.07) is 3.97. The number of benzene rings is 1. The van der Waals surface area contributed by atoms with Gasteiger partial charge < -0.3 is 4.74 Å². The molecule has 0 amide bonds. The Morgan fingerprint density at radius 1 is 1.10 bits per heavy atom. The Kier molecular flexibility index (Phi) is 6.55. The molecule has 5 nitrogen and oxygen atoms in total. The topological polar surface area (TPSA) is 80.7 Å². The monoisotopic (exact) mass is 308 g/mol. The Hall–Kier alpha value is -1.21. The van der Waals surface area contributed by atoms with Gasteiger partial charge in [-0.15, -0.1) is 0 Å². The van der Waals surface area contributed by atoms with Crippen LogP contribution in [0.5, 0.6) is 0 Å². The molecule has 1 rings (SSSR count). The summed E-state index contributed by atoms with van der Waals surface area (Å²) < 4.78 is 34.9. The van der Waals surface area contributed by atoms with Gasteiger partial charge in [-0.25, -0.2) is 4.79 Å². The maximum Gasteiger partial charge on any atom is 0.338 e. The number of carbonyl (C=O) groups is 1. The lowest BCUT2D eigenvalue weighted by Crippen LogP contribution is -2.18. The van der Waals surface area contributed by atoms with Crippen LogP contribution in [0.25, 0.3) is 0 Å². The predicted octanol–water partition coefficient (Wildman–Crippen LogP) is -1.87. The maximum absolute atomic E-state index is 12.2. The predicted molar refractivity (Wildman–Crippen MR) is 89.9 cm³/mol. The van der Waals surface area contributed by atoms with Crippen LogP contribution in [-0.4, -0.2) is 54.8 Å². The smallest absolute Gasteiger partial charge is 0.338 e. The fourth-order valence-electron chi connectivity index (χ4n) is 2.18. The standard InChI is InChI=1S/C12H19B3O5S/c13-5-8-3-9(6-14)11(10(4-8)7-15)12(16)20-1-2-21(17,18)19/h3-4H,1-2,5-7,13-15H2,(H,17,18,19). The quantitative estimate of drug-likeness (QED) is 0.363. The molecule has 0 aromatic heterocycles. The van der Waals surface area contributed by atoms with E-state index in [0.29, 0.717) is 18.2 Å². The van der Waals surface area contributed by atoms with Gasteiger partial charge in [0.2, 0.25) is 0 Å². The van der Waals surface area contributed by atoms with Crippen LogP contribution in [0.3, 0.4) is 0 Å². The number of esters is 1. The summed E-state index contributed by atoms with van der Waals surface area (Å²) in [4.78, 5) is 12.2. The van der Waals surface area contributed by atoms with Gasteiger partial charge in [0.05, 0.1) is 5.56 Å². The highest BCUT2D eigenvalue weighted by molar-refractivity contribution is 7.85. The van der Waals surface area contributed by atoms with E-state index in [1.807, 2.05) is 27.8 Å². The molecule has 0 radical (unpaired) electrons. The van der Waals surface area contributed by atoms with Gasteiger partial charge in [-0.3, -0.25) is 4.55 Å². The van der Waals surface area contributed by atoms with Crippen molar-refractivity contribution < 1.29 is 22.5 Å². The lowest BCUT2D eigenvalue weighted by atomic mass is 9.82. The van der Waals surface area contributed by atoms with Crippen molar-refractivity contribution in [1.82, 2.24) is 0 Å². The van der Waals surface area contributed by atoms with Gasteiger partial charge in [-0.1, -0.05) is 36.7 Å². The Labute approximate surface area is 128 Å². The Morgan fingerprint density at radius 3 is 2.00 bits per heavy atom. The molecule has 1 aromatic carbocycles. The second-order valence-electron chi connectivity index (χ2n) is 4.77.